The molecule has 0 aliphatic heterocycles. The van der Waals surface area contributed by atoms with Gasteiger partial charge in [0.15, 0.2) is 5.13 Å². The SMILES string of the molecule is NC(=O)c1ccc(NC(=O)Cc2csc(NC(=O)C3CC3)n2)cc1. The van der Waals surface area contributed by atoms with Gasteiger partial charge in [0.25, 0.3) is 0 Å². The summed E-state index contributed by atoms with van der Waals surface area (Å²) in [5, 5.41) is 7.74. The number of amides is 3. The summed E-state index contributed by atoms with van der Waals surface area (Å²) in [6, 6.07) is 6.32. The van der Waals surface area contributed by atoms with Gasteiger partial charge in [-0.3, -0.25) is 14.4 Å². The molecule has 0 unspecified atom stereocenters. The van der Waals surface area contributed by atoms with E-state index in [4.69, 9.17) is 5.73 Å². The number of primary amides is 1. The fourth-order valence-corrected chi connectivity index (χ4v) is 2.80. The average Bonchev–Trinajstić information content (AvgIpc) is 3.30. The standard InChI is InChI=1S/C16H16N4O3S/c17-14(22)9-3-5-11(6-4-9)18-13(21)7-12-8-24-16(19-12)20-15(23)10-1-2-10/h3-6,8,10H,1-2,7H2,(H2,17,22)(H,18,21)(H,19,20,23). The zero-order valence-electron chi connectivity index (χ0n) is 12.7. The number of hydrogen-bond donors (Lipinski definition) is 3. The Hall–Kier alpha value is -2.74. The highest BCUT2D eigenvalue weighted by molar-refractivity contribution is 7.13. The third-order valence-electron chi connectivity index (χ3n) is 3.52. The van der Waals surface area contributed by atoms with Crippen LogP contribution in [0.25, 0.3) is 0 Å². The van der Waals surface area contributed by atoms with E-state index in [0.717, 1.165) is 12.8 Å². The van der Waals surface area contributed by atoms with Crippen LogP contribution in [0.2, 0.25) is 0 Å². The summed E-state index contributed by atoms with van der Waals surface area (Å²) in [6.45, 7) is 0. The second kappa shape index (κ2) is 6.79. The number of carbonyl (C=O) groups is 3. The molecule has 3 rings (SSSR count). The van der Waals surface area contributed by atoms with E-state index >= 15 is 0 Å². The van der Waals surface area contributed by atoms with E-state index in [1.807, 2.05) is 0 Å². The Bertz CT molecular complexity index is 781. The average molecular weight is 344 g/mol. The van der Waals surface area contributed by atoms with Gasteiger partial charge in [0.2, 0.25) is 17.7 Å². The molecule has 1 aromatic carbocycles. The number of nitrogens with two attached hydrogens (primary N) is 1. The summed E-state index contributed by atoms with van der Waals surface area (Å²) in [6.07, 6.45) is 1.97. The number of nitrogens with zero attached hydrogens (tertiary/aromatic N) is 1. The van der Waals surface area contributed by atoms with E-state index in [2.05, 4.69) is 15.6 Å². The Morgan fingerprint density at radius 1 is 1.17 bits per heavy atom. The van der Waals surface area contributed by atoms with Gasteiger partial charge in [-0.2, -0.15) is 0 Å². The van der Waals surface area contributed by atoms with Crippen LogP contribution < -0.4 is 16.4 Å². The van der Waals surface area contributed by atoms with Crippen molar-refractivity contribution in [1.82, 2.24) is 4.98 Å². The van der Waals surface area contributed by atoms with Crippen molar-refractivity contribution in [3.63, 3.8) is 0 Å². The first-order chi connectivity index (χ1) is 11.5. The number of nitrogens with one attached hydrogen (secondary N) is 2. The molecule has 0 spiro atoms. The third kappa shape index (κ3) is 4.17. The summed E-state index contributed by atoms with van der Waals surface area (Å²) in [4.78, 5) is 38.9. The van der Waals surface area contributed by atoms with Crippen LogP contribution in [0.3, 0.4) is 0 Å². The van der Waals surface area contributed by atoms with Crippen LogP contribution >= 0.6 is 11.3 Å². The van der Waals surface area contributed by atoms with Gasteiger partial charge in [-0.15, -0.1) is 11.3 Å². The first kappa shape index (κ1) is 16.1. The lowest BCUT2D eigenvalue weighted by Gasteiger charge is -2.04. The molecular weight excluding hydrogens is 328 g/mol. The lowest BCUT2D eigenvalue weighted by Crippen LogP contribution is -2.16. The Morgan fingerprint density at radius 3 is 2.50 bits per heavy atom. The largest absolute Gasteiger partial charge is 0.366 e. The van der Waals surface area contributed by atoms with Crippen LogP contribution in [0, 0.1) is 5.92 Å². The van der Waals surface area contributed by atoms with Gasteiger partial charge in [0.05, 0.1) is 12.1 Å². The molecule has 124 valence electrons. The Kier molecular flexibility index (Phi) is 4.57. The number of hydrogen-bond acceptors (Lipinski definition) is 5. The number of anilines is 2. The molecule has 0 bridgehead atoms. The van der Waals surface area contributed by atoms with Crippen molar-refractivity contribution in [3.8, 4) is 0 Å². The molecule has 1 aliphatic rings. The summed E-state index contributed by atoms with van der Waals surface area (Å²) in [7, 11) is 0. The smallest absolute Gasteiger partial charge is 0.248 e. The fourth-order valence-electron chi connectivity index (χ4n) is 2.09. The molecule has 1 heterocycles. The monoisotopic (exact) mass is 344 g/mol. The van der Waals surface area contributed by atoms with Gasteiger partial charge >= 0.3 is 0 Å². The Morgan fingerprint density at radius 2 is 1.88 bits per heavy atom. The lowest BCUT2D eigenvalue weighted by molar-refractivity contribution is -0.117. The van der Waals surface area contributed by atoms with Gasteiger partial charge in [-0.1, -0.05) is 0 Å². The minimum absolute atomic E-state index is 0.00473. The molecule has 8 heteroatoms. The molecule has 24 heavy (non-hydrogen) atoms. The first-order valence-corrected chi connectivity index (χ1v) is 8.34. The van der Waals surface area contributed by atoms with Crippen LogP contribution in [0.5, 0.6) is 0 Å². The van der Waals surface area contributed by atoms with Gasteiger partial charge < -0.3 is 16.4 Å². The maximum Gasteiger partial charge on any atom is 0.248 e. The quantitative estimate of drug-likeness (QED) is 0.741. The van der Waals surface area contributed by atoms with Crippen molar-refractivity contribution in [1.29, 1.82) is 0 Å². The van der Waals surface area contributed by atoms with Crippen LogP contribution in [-0.4, -0.2) is 22.7 Å². The highest BCUT2D eigenvalue weighted by atomic mass is 32.1. The molecule has 7 nitrogen and oxygen atoms in total. The topological polar surface area (TPSA) is 114 Å². The number of carbonyl (C=O) groups excluding carboxylic acids is 3. The molecule has 2 aromatic rings. The van der Waals surface area contributed by atoms with Crippen molar-refractivity contribution >= 4 is 39.9 Å². The summed E-state index contributed by atoms with van der Waals surface area (Å²) >= 11 is 1.30. The molecule has 0 atom stereocenters. The maximum absolute atomic E-state index is 12.0. The van der Waals surface area contributed by atoms with Crippen LogP contribution in [0.1, 0.15) is 28.9 Å². The second-order valence-electron chi connectivity index (χ2n) is 5.57. The minimum Gasteiger partial charge on any atom is -0.366 e. The number of aromatic nitrogens is 1. The predicted octanol–water partition coefficient (Wildman–Crippen LogP) is 1.77. The van der Waals surface area contributed by atoms with Crippen LogP contribution in [0.4, 0.5) is 10.8 Å². The zero-order chi connectivity index (χ0) is 17.1. The van der Waals surface area contributed by atoms with Gasteiger partial charge in [-0.25, -0.2) is 4.98 Å². The van der Waals surface area contributed by atoms with E-state index in [1.165, 1.54) is 11.3 Å². The zero-order valence-corrected chi connectivity index (χ0v) is 13.6. The Labute approximate surface area is 142 Å². The van der Waals surface area contributed by atoms with E-state index in [1.54, 1.807) is 29.6 Å². The van der Waals surface area contributed by atoms with Crippen molar-refractivity contribution < 1.29 is 14.4 Å². The summed E-state index contributed by atoms with van der Waals surface area (Å²) in [5.74, 6) is -0.637. The lowest BCUT2D eigenvalue weighted by atomic mass is 10.2. The normalized spacial score (nSPS) is 13.3. The van der Waals surface area contributed by atoms with E-state index in [9.17, 15) is 14.4 Å². The van der Waals surface area contributed by atoms with E-state index in [0.29, 0.717) is 22.1 Å². The molecule has 1 saturated carbocycles. The number of thiazole rings is 1. The molecule has 1 aliphatic carbocycles. The van der Waals surface area contributed by atoms with Gasteiger partial charge in [-0.05, 0) is 37.1 Å². The minimum atomic E-state index is -0.517. The predicted molar refractivity (Wildman–Crippen MR) is 90.8 cm³/mol. The summed E-state index contributed by atoms with van der Waals surface area (Å²) in [5.41, 5.74) is 6.71. The van der Waals surface area contributed by atoms with Crippen molar-refractivity contribution in [2.75, 3.05) is 10.6 Å². The highest BCUT2D eigenvalue weighted by Crippen LogP contribution is 2.30. The molecule has 1 fully saturated rings. The fraction of sp³-hybridized carbons (Fsp3) is 0.250. The van der Waals surface area contributed by atoms with E-state index < -0.39 is 5.91 Å². The van der Waals surface area contributed by atoms with Crippen molar-refractivity contribution in [2.24, 2.45) is 11.7 Å². The number of benzene rings is 1. The Balaban J connectivity index is 1.53. The molecule has 4 N–H and O–H groups in total. The maximum atomic E-state index is 12.0. The molecule has 1 aromatic heterocycles. The van der Waals surface area contributed by atoms with Crippen LogP contribution in [0.15, 0.2) is 29.6 Å². The van der Waals surface area contributed by atoms with Crippen LogP contribution in [-0.2, 0) is 16.0 Å². The molecular formula is C16H16N4O3S. The molecule has 0 saturated heterocycles. The second-order valence-corrected chi connectivity index (χ2v) is 6.43. The van der Waals surface area contributed by atoms with Crippen molar-refractivity contribution in [2.45, 2.75) is 19.3 Å². The molecule has 3 amide bonds. The summed E-state index contributed by atoms with van der Waals surface area (Å²) < 4.78 is 0. The third-order valence-corrected chi connectivity index (χ3v) is 4.33. The van der Waals surface area contributed by atoms with Gasteiger partial charge in [0.1, 0.15) is 0 Å². The first-order valence-electron chi connectivity index (χ1n) is 7.46. The van der Waals surface area contributed by atoms with E-state index in [-0.39, 0.29) is 24.2 Å². The number of rotatable bonds is 6. The molecule has 0 radical (unpaired) electrons. The van der Waals surface area contributed by atoms with Crippen molar-refractivity contribution in [3.05, 3.63) is 40.9 Å². The highest BCUT2D eigenvalue weighted by Gasteiger charge is 2.30. The van der Waals surface area contributed by atoms with Gasteiger partial charge in [0, 0.05) is 22.5 Å².